The minimum atomic E-state index is -1.08. The Kier molecular flexibility index (Phi) is 3.77. The number of hydrogen-bond donors (Lipinski definition) is 3. The van der Waals surface area contributed by atoms with Crippen LogP contribution in [0.2, 0.25) is 0 Å². The van der Waals surface area contributed by atoms with Gasteiger partial charge in [-0.3, -0.25) is 9.59 Å². The summed E-state index contributed by atoms with van der Waals surface area (Å²) in [7, 11) is 0. The van der Waals surface area contributed by atoms with Gasteiger partial charge in [0, 0.05) is 0 Å². The summed E-state index contributed by atoms with van der Waals surface area (Å²) >= 11 is 0. The number of carbonyl (C=O) groups is 2. The molecule has 1 amide bonds. The van der Waals surface area contributed by atoms with E-state index in [4.69, 9.17) is 10.8 Å². The molecule has 5 nitrogen and oxygen atoms in total. The molecule has 4 N–H and O–H groups in total. The first-order valence-electron chi connectivity index (χ1n) is 5.17. The van der Waals surface area contributed by atoms with Crippen molar-refractivity contribution < 1.29 is 14.7 Å². The normalized spacial score (nSPS) is 13.4. The summed E-state index contributed by atoms with van der Waals surface area (Å²) in [5.41, 5.74) is 2.67. The quantitative estimate of drug-likeness (QED) is 0.663. The Morgan fingerprint density at radius 1 is 1.06 bits per heavy atom. The van der Waals surface area contributed by atoms with Crippen molar-refractivity contribution in [2.75, 3.05) is 0 Å². The van der Waals surface area contributed by atoms with Crippen LogP contribution in [0.5, 0.6) is 0 Å². The van der Waals surface area contributed by atoms with Crippen molar-refractivity contribution in [2.24, 2.45) is 11.1 Å². The monoisotopic (exact) mass is 230 g/mol. The smallest absolute Gasteiger partial charge is 0.311 e. The standard InChI is InChI=1S/C11H22N2O3/c1-9(2,8(15)16)11(5,6)13-7(14)10(3,4)12/h12H2,1-6H3,(H,13,14)(H,15,16). The van der Waals surface area contributed by atoms with E-state index in [9.17, 15) is 9.59 Å². The van der Waals surface area contributed by atoms with Crippen LogP contribution in [0, 0.1) is 5.41 Å². The molecule has 0 bridgehead atoms. The Hall–Kier alpha value is -1.10. The van der Waals surface area contributed by atoms with Gasteiger partial charge in [-0.1, -0.05) is 0 Å². The lowest BCUT2D eigenvalue weighted by atomic mass is 9.74. The van der Waals surface area contributed by atoms with Crippen molar-refractivity contribution in [3.05, 3.63) is 0 Å². The van der Waals surface area contributed by atoms with E-state index >= 15 is 0 Å². The first-order chi connectivity index (χ1) is 6.82. The maximum Gasteiger partial charge on any atom is 0.311 e. The van der Waals surface area contributed by atoms with E-state index in [-0.39, 0.29) is 5.91 Å². The number of carboxylic acid groups (broad SMARTS) is 1. The van der Waals surface area contributed by atoms with Crippen molar-refractivity contribution in [2.45, 2.75) is 52.6 Å². The van der Waals surface area contributed by atoms with E-state index in [2.05, 4.69) is 5.32 Å². The van der Waals surface area contributed by atoms with E-state index in [0.29, 0.717) is 0 Å². The molecule has 0 unspecified atom stereocenters. The van der Waals surface area contributed by atoms with Gasteiger partial charge in [0.05, 0.1) is 16.5 Å². The van der Waals surface area contributed by atoms with Gasteiger partial charge in [-0.25, -0.2) is 0 Å². The minimum Gasteiger partial charge on any atom is -0.481 e. The third kappa shape index (κ3) is 2.95. The summed E-state index contributed by atoms with van der Waals surface area (Å²) in [6.45, 7) is 9.63. The van der Waals surface area contributed by atoms with Crippen LogP contribution in [-0.2, 0) is 9.59 Å². The Morgan fingerprint density at radius 3 is 1.69 bits per heavy atom. The van der Waals surface area contributed by atoms with Crippen LogP contribution in [0.1, 0.15) is 41.5 Å². The van der Waals surface area contributed by atoms with Gasteiger partial charge in [0.2, 0.25) is 5.91 Å². The third-order valence-electron chi connectivity index (χ3n) is 3.11. The fourth-order valence-electron chi connectivity index (χ4n) is 0.868. The Balaban J connectivity index is 4.97. The van der Waals surface area contributed by atoms with Gasteiger partial charge in [0.1, 0.15) is 0 Å². The van der Waals surface area contributed by atoms with E-state index in [1.54, 1.807) is 41.5 Å². The van der Waals surface area contributed by atoms with Gasteiger partial charge in [-0.05, 0) is 41.5 Å². The zero-order chi connectivity index (χ0) is 13.4. The molecule has 0 aromatic carbocycles. The van der Waals surface area contributed by atoms with Gasteiger partial charge >= 0.3 is 5.97 Å². The minimum absolute atomic E-state index is 0.369. The highest BCUT2D eigenvalue weighted by atomic mass is 16.4. The maximum atomic E-state index is 11.7. The lowest BCUT2D eigenvalue weighted by molar-refractivity contribution is -0.152. The second-order valence-electron chi connectivity index (χ2n) is 5.73. The van der Waals surface area contributed by atoms with Crippen molar-refractivity contribution in [1.29, 1.82) is 0 Å². The lowest BCUT2D eigenvalue weighted by Gasteiger charge is -2.40. The molecule has 0 atom stereocenters. The zero-order valence-corrected chi connectivity index (χ0v) is 10.8. The third-order valence-corrected chi connectivity index (χ3v) is 3.11. The highest BCUT2D eigenvalue weighted by Crippen LogP contribution is 2.30. The van der Waals surface area contributed by atoms with Crippen LogP contribution < -0.4 is 11.1 Å². The van der Waals surface area contributed by atoms with E-state index < -0.39 is 22.5 Å². The second-order valence-corrected chi connectivity index (χ2v) is 5.73. The van der Waals surface area contributed by atoms with Gasteiger partial charge < -0.3 is 16.2 Å². The molecule has 0 rings (SSSR count). The highest BCUT2D eigenvalue weighted by molar-refractivity contribution is 5.87. The highest BCUT2D eigenvalue weighted by Gasteiger charge is 2.45. The average molecular weight is 230 g/mol. The summed E-state index contributed by atoms with van der Waals surface area (Å²) in [5.74, 6) is -1.33. The fourth-order valence-corrected chi connectivity index (χ4v) is 0.868. The molecule has 0 heterocycles. The summed E-state index contributed by atoms with van der Waals surface area (Å²) in [6.07, 6.45) is 0. The molecule has 0 aromatic heterocycles. The van der Waals surface area contributed by atoms with Crippen LogP contribution in [0.4, 0.5) is 0 Å². The van der Waals surface area contributed by atoms with Crippen LogP contribution in [-0.4, -0.2) is 28.1 Å². The van der Waals surface area contributed by atoms with Gasteiger partial charge in [-0.15, -0.1) is 0 Å². The lowest BCUT2D eigenvalue weighted by Crippen LogP contribution is -2.62. The van der Waals surface area contributed by atoms with E-state index in [0.717, 1.165) is 0 Å². The largest absolute Gasteiger partial charge is 0.481 e. The first kappa shape index (κ1) is 14.9. The Bertz CT molecular complexity index is 301. The molecule has 5 heteroatoms. The van der Waals surface area contributed by atoms with Crippen LogP contribution in [0.15, 0.2) is 0 Å². The number of nitrogens with two attached hydrogens (primary N) is 1. The number of carboxylic acids is 1. The summed E-state index contributed by atoms with van der Waals surface area (Å²) in [6, 6.07) is 0. The molecule has 0 aliphatic rings. The second kappa shape index (κ2) is 4.05. The summed E-state index contributed by atoms with van der Waals surface area (Å²) < 4.78 is 0. The molecule has 0 aliphatic heterocycles. The number of amides is 1. The number of nitrogens with one attached hydrogen (secondary N) is 1. The average Bonchev–Trinajstić information content (AvgIpc) is 2.00. The van der Waals surface area contributed by atoms with Crippen molar-refractivity contribution in [3.63, 3.8) is 0 Å². The van der Waals surface area contributed by atoms with Crippen molar-refractivity contribution >= 4 is 11.9 Å². The number of aliphatic carboxylic acids is 1. The molecular formula is C11H22N2O3. The van der Waals surface area contributed by atoms with Crippen molar-refractivity contribution in [1.82, 2.24) is 5.32 Å². The van der Waals surface area contributed by atoms with Gasteiger partial charge in [0.15, 0.2) is 0 Å². The number of hydrogen-bond acceptors (Lipinski definition) is 3. The van der Waals surface area contributed by atoms with Crippen LogP contribution in [0.25, 0.3) is 0 Å². The molecule has 94 valence electrons. The van der Waals surface area contributed by atoms with E-state index in [1.807, 2.05) is 0 Å². The first-order valence-corrected chi connectivity index (χ1v) is 5.17. The molecule has 0 aromatic rings. The SMILES string of the molecule is CC(C)(N)C(=O)NC(C)(C)C(C)(C)C(=O)O. The summed E-state index contributed by atoms with van der Waals surface area (Å²) in [5, 5.41) is 11.8. The van der Waals surface area contributed by atoms with E-state index in [1.165, 1.54) is 0 Å². The topological polar surface area (TPSA) is 92.4 Å². The summed E-state index contributed by atoms with van der Waals surface area (Å²) in [4.78, 5) is 22.8. The number of rotatable bonds is 4. The molecule has 0 radical (unpaired) electrons. The molecule has 0 saturated carbocycles. The molecule has 0 saturated heterocycles. The molecule has 0 spiro atoms. The molecule has 0 aliphatic carbocycles. The number of carbonyl (C=O) groups excluding carboxylic acids is 1. The molecule has 0 fully saturated rings. The van der Waals surface area contributed by atoms with Crippen LogP contribution in [0.3, 0.4) is 0 Å². The predicted octanol–water partition coefficient (Wildman–Crippen LogP) is 0.729. The Labute approximate surface area is 96.4 Å². The molecular weight excluding hydrogens is 208 g/mol. The Morgan fingerprint density at radius 2 is 1.44 bits per heavy atom. The van der Waals surface area contributed by atoms with Gasteiger partial charge in [0.25, 0.3) is 0 Å². The van der Waals surface area contributed by atoms with Crippen LogP contribution >= 0.6 is 0 Å². The fraction of sp³-hybridized carbons (Fsp3) is 0.818. The van der Waals surface area contributed by atoms with Gasteiger partial charge in [-0.2, -0.15) is 0 Å². The maximum absolute atomic E-state index is 11.7. The van der Waals surface area contributed by atoms with Crippen molar-refractivity contribution in [3.8, 4) is 0 Å². The zero-order valence-electron chi connectivity index (χ0n) is 10.8. The predicted molar refractivity (Wildman–Crippen MR) is 61.9 cm³/mol. The molecule has 16 heavy (non-hydrogen) atoms.